The number of anilines is 6. The molecule has 0 saturated carbocycles. The van der Waals surface area contributed by atoms with E-state index in [4.69, 9.17) is 13.3 Å². The molecular weight excluding hydrogens is 965 g/mol. The molecule has 386 valence electrons. The average molecular weight is 1030 g/mol. The van der Waals surface area contributed by atoms with Crippen LogP contribution in [0.25, 0.3) is 88.1 Å². The van der Waals surface area contributed by atoms with Crippen molar-refractivity contribution in [3.63, 3.8) is 0 Å². The number of benzene rings is 10. The van der Waals surface area contributed by atoms with E-state index >= 15 is 0 Å². The lowest BCUT2D eigenvalue weighted by atomic mass is 9.77. The largest absolute Gasteiger partial charge is 0.454 e. The van der Waals surface area contributed by atoms with E-state index < -0.39 is 0 Å². The Balaban J connectivity index is 0.934. The van der Waals surface area contributed by atoms with Gasteiger partial charge in [0, 0.05) is 60.2 Å². The minimum absolute atomic E-state index is 0.0141. The van der Waals surface area contributed by atoms with Gasteiger partial charge in [0.2, 0.25) is 0 Å². The number of nitrogens with zero attached hydrogens (tertiary/aromatic N) is 2. The van der Waals surface area contributed by atoms with Crippen molar-refractivity contribution in [2.24, 2.45) is 0 Å². The molecule has 15 rings (SSSR count). The first-order valence-electron chi connectivity index (χ1n) is 27.9. The van der Waals surface area contributed by atoms with E-state index in [0.717, 1.165) is 99.9 Å². The Morgan fingerprint density at radius 2 is 0.772 bits per heavy atom. The van der Waals surface area contributed by atoms with Crippen molar-refractivity contribution in [2.45, 2.75) is 90.9 Å². The van der Waals surface area contributed by atoms with Crippen molar-refractivity contribution < 1.29 is 13.3 Å². The van der Waals surface area contributed by atoms with Crippen molar-refractivity contribution in [1.82, 2.24) is 0 Å². The molecule has 0 fully saturated rings. The van der Waals surface area contributed by atoms with Gasteiger partial charge in [-0.25, -0.2) is 0 Å². The van der Waals surface area contributed by atoms with Crippen LogP contribution < -0.4 is 9.80 Å². The van der Waals surface area contributed by atoms with Crippen LogP contribution in [0.15, 0.2) is 207 Å². The molecule has 2 aliphatic carbocycles. The summed E-state index contributed by atoms with van der Waals surface area (Å²) >= 11 is 0. The first kappa shape index (κ1) is 47.4. The van der Waals surface area contributed by atoms with Crippen LogP contribution in [-0.2, 0) is 21.7 Å². The van der Waals surface area contributed by atoms with Gasteiger partial charge in [0.05, 0.1) is 17.1 Å². The molecular formula is C74H62N2O3. The van der Waals surface area contributed by atoms with E-state index in [1.807, 2.05) is 12.1 Å². The number of hydrogen-bond donors (Lipinski definition) is 0. The molecule has 0 saturated heterocycles. The van der Waals surface area contributed by atoms with Crippen LogP contribution in [0.2, 0.25) is 0 Å². The lowest BCUT2D eigenvalue weighted by Crippen LogP contribution is -2.20. The monoisotopic (exact) mass is 1030 g/mol. The zero-order valence-corrected chi connectivity index (χ0v) is 46.6. The summed E-state index contributed by atoms with van der Waals surface area (Å²) < 4.78 is 20.9. The number of fused-ring (bicyclic) bond motifs is 16. The normalized spacial score (nSPS) is 14.4. The topological polar surface area (TPSA) is 45.9 Å². The molecule has 0 aliphatic heterocycles. The fourth-order valence-electron chi connectivity index (χ4n) is 13.5. The lowest BCUT2D eigenvalue weighted by Gasteiger charge is -2.30. The van der Waals surface area contributed by atoms with Gasteiger partial charge < -0.3 is 23.1 Å². The number of rotatable bonds is 6. The van der Waals surface area contributed by atoms with Crippen molar-refractivity contribution in [1.29, 1.82) is 0 Å². The van der Waals surface area contributed by atoms with Crippen molar-refractivity contribution in [2.75, 3.05) is 9.80 Å². The highest BCUT2D eigenvalue weighted by Crippen LogP contribution is 2.61. The van der Waals surface area contributed by atoms with Crippen LogP contribution in [0.5, 0.6) is 0 Å². The van der Waals surface area contributed by atoms with Gasteiger partial charge in [0.25, 0.3) is 0 Å². The maximum atomic E-state index is 7.24. The SMILES string of the molecule is CC(C)(C)c1ccc(N(c2ccc3c(c2)C(C)(C)c2cc4c(cc2-3)-c2c(cc(N(c3ccc(C(C)(C)C)cc3)c3cccc5c3oc3ccccc35)c3oc5ccccc5c23)C4(C)C)c2cccc3c2oc2ccccc23)cc1. The van der Waals surface area contributed by atoms with Gasteiger partial charge in [-0.2, -0.15) is 0 Å². The highest BCUT2D eigenvalue weighted by atomic mass is 16.3. The van der Waals surface area contributed by atoms with Crippen LogP contribution in [0.4, 0.5) is 34.1 Å². The minimum Gasteiger partial charge on any atom is -0.454 e. The third-order valence-corrected chi connectivity index (χ3v) is 17.8. The summed E-state index contributed by atoms with van der Waals surface area (Å²) in [5, 5.41) is 6.63. The Kier molecular flexibility index (Phi) is 9.83. The Labute approximate surface area is 461 Å². The molecule has 3 aromatic heterocycles. The van der Waals surface area contributed by atoms with Crippen molar-refractivity contribution in [3.05, 3.63) is 228 Å². The first-order chi connectivity index (χ1) is 37.9. The fourth-order valence-corrected chi connectivity index (χ4v) is 13.5. The van der Waals surface area contributed by atoms with Crippen LogP contribution in [0.3, 0.4) is 0 Å². The molecule has 2 aliphatic rings. The number of furan rings is 3. The maximum absolute atomic E-state index is 7.24. The fraction of sp³-hybridized carbons (Fsp3) is 0.189. The third-order valence-electron chi connectivity index (χ3n) is 17.8. The molecule has 0 bridgehead atoms. The summed E-state index contributed by atoms with van der Waals surface area (Å²) in [7, 11) is 0. The molecule has 0 amide bonds. The molecule has 0 unspecified atom stereocenters. The molecule has 13 aromatic rings. The number of hydrogen-bond acceptors (Lipinski definition) is 5. The quantitative estimate of drug-likeness (QED) is 0.166. The van der Waals surface area contributed by atoms with Gasteiger partial charge in [-0.3, -0.25) is 0 Å². The Morgan fingerprint density at radius 1 is 0.329 bits per heavy atom. The zero-order valence-electron chi connectivity index (χ0n) is 46.6. The predicted molar refractivity (Wildman–Crippen MR) is 330 cm³/mol. The van der Waals surface area contributed by atoms with Gasteiger partial charge in [-0.05, 0) is 145 Å². The standard InChI is InChI=1S/C74H62N2O3/c1-71(2,3)43-29-33-45(34-30-43)75(60-24-17-22-51-49-19-11-14-26-63(49)77-68(51)60)47-37-38-48-54-40-55-58(41-57(54)73(7,8)56(48)39-47)74(9,10)59-42-62(70-67(66(55)59)53-21-13-16-28-65(53)79-70)76(46-35-31-44(32-36-46)72(4,5)6)61-25-18-23-52-50-20-12-15-27-64(50)78-69(52)61/h11-42H,1-10H3. The molecule has 5 nitrogen and oxygen atoms in total. The molecule has 0 atom stereocenters. The summed E-state index contributed by atoms with van der Waals surface area (Å²) in [6.45, 7) is 23.3. The van der Waals surface area contributed by atoms with Crippen molar-refractivity contribution in [3.8, 4) is 22.3 Å². The van der Waals surface area contributed by atoms with E-state index in [1.54, 1.807) is 0 Å². The van der Waals surface area contributed by atoms with Crippen LogP contribution >= 0.6 is 0 Å². The van der Waals surface area contributed by atoms with Gasteiger partial charge in [0.15, 0.2) is 16.7 Å². The van der Waals surface area contributed by atoms with Gasteiger partial charge in [0.1, 0.15) is 16.7 Å². The summed E-state index contributed by atoms with van der Waals surface area (Å²) in [6.07, 6.45) is 0. The van der Waals surface area contributed by atoms with Crippen LogP contribution in [0.1, 0.15) is 103 Å². The molecule has 5 heteroatoms. The smallest absolute Gasteiger partial charge is 0.160 e. The number of para-hydroxylation sites is 5. The zero-order chi connectivity index (χ0) is 54.1. The Hall–Kier alpha value is -8.80. The van der Waals surface area contributed by atoms with E-state index in [0.29, 0.717) is 0 Å². The van der Waals surface area contributed by atoms with Crippen LogP contribution in [-0.4, -0.2) is 0 Å². The van der Waals surface area contributed by atoms with E-state index in [2.05, 4.69) is 261 Å². The van der Waals surface area contributed by atoms with E-state index in [-0.39, 0.29) is 21.7 Å². The summed E-state index contributed by atoms with van der Waals surface area (Å²) in [6, 6.07) is 71.2. The van der Waals surface area contributed by atoms with Crippen molar-refractivity contribution >= 4 is 99.9 Å². The molecule has 79 heavy (non-hydrogen) atoms. The Morgan fingerprint density at radius 3 is 1.34 bits per heavy atom. The third kappa shape index (κ3) is 6.87. The highest BCUT2D eigenvalue weighted by molar-refractivity contribution is 6.20. The minimum atomic E-state index is -0.383. The molecule has 10 aromatic carbocycles. The average Bonchev–Trinajstić information content (AvgIpc) is 4.40. The second kappa shape index (κ2) is 16.4. The van der Waals surface area contributed by atoms with Gasteiger partial charge >= 0.3 is 0 Å². The summed E-state index contributed by atoms with van der Waals surface area (Å²) in [4.78, 5) is 4.78. The lowest BCUT2D eigenvalue weighted by molar-refractivity contribution is 0.590. The Bertz CT molecular complexity index is 4680. The molecule has 0 spiro atoms. The summed E-state index contributed by atoms with van der Waals surface area (Å²) in [5.41, 5.74) is 23.4. The van der Waals surface area contributed by atoms with Crippen LogP contribution in [0, 0.1) is 0 Å². The summed E-state index contributed by atoms with van der Waals surface area (Å²) in [5.74, 6) is 0. The second-order valence-electron chi connectivity index (χ2n) is 25.3. The molecule has 3 heterocycles. The highest BCUT2D eigenvalue weighted by Gasteiger charge is 2.44. The van der Waals surface area contributed by atoms with Gasteiger partial charge in [-0.15, -0.1) is 0 Å². The van der Waals surface area contributed by atoms with E-state index in [1.165, 1.54) is 55.6 Å². The predicted octanol–water partition coefficient (Wildman–Crippen LogP) is 21.5. The maximum Gasteiger partial charge on any atom is 0.160 e. The first-order valence-corrected chi connectivity index (χ1v) is 27.9. The van der Waals surface area contributed by atoms with Gasteiger partial charge in [-0.1, -0.05) is 184 Å². The van der Waals surface area contributed by atoms with E-state index in [9.17, 15) is 0 Å². The molecule has 0 N–H and O–H groups in total. The molecule has 0 radical (unpaired) electrons. The second-order valence-corrected chi connectivity index (χ2v) is 25.3.